The second-order valence-electron chi connectivity index (χ2n) is 5.86. The van der Waals surface area contributed by atoms with Gasteiger partial charge in [0.2, 0.25) is 0 Å². The van der Waals surface area contributed by atoms with E-state index < -0.39 is 0 Å². The van der Waals surface area contributed by atoms with Gasteiger partial charge in [0.15, 0.2) is 0 Å². The van der Waals surface area contributed by atoms with Crippen LogP contribution in [-0.4, -0.2) is 12.4 Å². The summed E-state index contributed by atoms with van der Waals surface area (Å²) >= 11 is 0. The van der Waals surface area contributed by atoms with Crippen LogP contribution in [0.5, 0.6) is 0 Å². The smallest absolute Gasteiger partial charge is 0.123 e. The molecule has 16 heavy (non-hydrogen) atoms. The zero-order valence-corrected chi connectivity index (χ0v) is 11.5. The molecule has 2 saturated carbocycles. The third-order valence-corrected chi connectivity index (χ3v) is 5.51. The maximum atomic E-state index is 11.0. The number of fused-ring (bicyclic) bond motifs is 1. The van der Waals surface area contributed by atoms with Crippen LogP contribution < -0.4 is 0 Å². The average molecular weight is 242 g/mol. The van der Waals surface area contributed by atoms with Crippen molar-refractivity contribution in [3.8, 4) is 0 Å². The Morgan fingerprint density at radius 2 is 2.19 bits per heavy atom. The molecule has 2 aliphatic carbocycles. The molecule has 6 atom stereocenters. The molecule has 0 spiro atoms. The van der Waals surface area contributed by atoms with Crippen LogP contribution in [0.25, 0.3) is 0 Å². The van der Waals surface area contributed by atoms with Crippen molar-refractivity contribution in [3.63, 3.8) is 0 Å². The van der Waals surface area contributed by atoms with Gasteiger partial charge in [0, 0.05) is 15.4 Å². The highest BCUT2D eigenvalue weighted by molar-refractivity contribution is 7.09. The van der Waals surface area contributed by atoms with Gasteiger partial charge in [0.05, 0.1) is 6.10 Å². The van der Waals surface area contributed by atoms with E-state index in [4.69, 9.17) is 4.52 Å². The Labute approximate surface area is 101 Å². The minimum Gasteiger partial charge on any atom is -0.362 e. The molecule has 0 heterocycles. The predicted molar refractivity (Wildman–Crippen MR) is 68.0 cm³/mol. The number of aldehydes is 1. The van der Waals surface area contributed by atoms with Crippen LogP contribution in [0.3, 0.4) is 0 Å². The van der Waals surface area contributed by atoms with Crippen molar-refractivity contribution in [2.75, 3.05) is 0 Å². The normalized spacial score (nSPS) is 45.1. The number of rotatable bonds is 3. The maximum absolute atomic E-state index is 11.0. The summed E-state index contributed by atoms with van der Waals surface area (Å²) in [5, 5.41) is 0. The van der Waals surface area contributed by atoms with Crippen molar-refractivity contribution < 1.29 is 9.32 Å². The van der Waals surface area contributed by atoms with Crippen LogP contribution in [0.1, 0.15) is 46.0 Å². The van der Waals surface area contributed by atoms with E-state index in [2.05, 4.69) is 23.3 Å². The summed E-state index contributed by atoms with van der Waals surface area (Å²) in [5.74, 6) is 1.43. The summed E-state index contributed by atoms with van der Waals surface area (Å²) in [6, 6.07) is 0. The van der Waals surface area contributed by atoms with Gasteiger partial charge >= 0.3 is 0 Å². The first kappa shape index (κ1) is 12.5. The Hall–Kier alpha value is 0.0600. The zero-order chi connectivity index (χ0) is 11.8. The van der Waals surface area contributed by atoms with Gasteiger partial charge < -0.3 is 9.32 Å². The number of hydrogen-bond acceptors (Lipinski definition) is 2. The van der Waals surface area contributed by atoms with E-state index in [0.717, 1.165) is 6.29 Å². The van der Waals surface area contributed by atoms with E-state index in [9.17, 15) is 4.79 Å². The summed E-state index contributed by atoms with van der Waals surface area (Å²) in [4.78, 5) is 11.0. The lowest BCUT2D eigenvalue weighted by Gasteiger charge is -2.45. The second kappa shape index (κ2) is 4.74. The first-order chi connectivity index (χ1) is 7.63. The van der Waals surface area contributed by atoms with Crippen LogP contribution >= 0.6 is 9.47 Å². The lowest BCUT2D eigenvalue weighted by molar-refractivity contribution is -0.114. The summed E-state index contributed by atoms with van der Waals surface area (Å²) in [5.41, 5.74) is 0.333. The molecule has 3 heteroatoms. The standard InChI is InChI=1S/C13H23O2P/c1-9(8-14)10-5-6-11-12(15-16)4-3-7-13(10,11)2/h8-12H,3-7,16H2,1-2H3/t9-,10-,11+,12+,13-/m1/s1. The van der Waals surface area contributed by atoms with Crippen molar-refractivity contribution in [2.45, 2.75) is 52.1 Å². The van der Waals surface area contributed by atoms with E-state index in [1.165, 1.54) is 32.1 Å². The molecule has 0 bridgehead atoms. The Morgan fingerprint density at radius 3 is 2.81 bits per heavy atom. The summed E-state index contributed by atoms with van der Waals surface area (Å²) in [7, 11) is 2.43. The predicted octanol–water partition coefficient (Wildman–Crippen LogP) is 3.21. The lowest BCUT2D eigenvalue weighted by Crippen LogP contribution is -2.41. The topological polar surface area (TPSA) is 26.3 Å². The van der Waals surface area contributed by atoms with E-state index in [1.54, 1.807) is 0 Å². The third-order valence-electron chi connectivity index (χ3n) is 5.16. The second-order valence-corrected chi connectivity index (χ2v) is 6.13. The molecule has 0 aromatic rings. The Morgan fingerprint density at radius 1 is 1.44 bits per heavy atom. The molecule has 92 valence electrons. The van der Waals surface area contributed by atoms with Gasteiger partial charge in [-0.3, -0.25) is 0 Å². The molecule has 0 radical (unpaired) electrons. The fourth-order valence-electron chi connectivity index (χ4n) is 4.28. The fraction of sp³-hybridized carbons (Fsp3) is 0.923. The summed E-state index contributed by atoms with van der Waals surface area (Å²) in [6.45, 7) is 4.46. The largest absolute Gasteiger partial charge is 0.362 e. The molecule has 2 nitrogen and oxygen atoms in total. The Balaban J connectivity index is 2.20. The minimum absolute atomic E-state index is 0.207. The van der Waals surface area contributed by atoms with E-state index in [-0.39, 0.29) is 5.92 Å². The van der Waals surface area contributed by atoms with Gasteiger partial charge in [-0.05, 0) is 42.9 Å². The highest BCUT2D eigenvalue weighted by atomic mass is 31.0. The molecular weight excluding hydrogens is 219 g/mol. The monoisotopic (exact) mass is 242 g/mol. The van der Waals surface area contributed by atoms with Gasteiger partial charge in [0.1, 0.15) is 6.29 Å². The molecule has 0 aromatic heterocycles. The van der Waals surface area contributed by atoms with E-state index >= 15 is 0 Å². The van der Waals surface area contributed by atoms with Crippen molar-refractivity contribution in [2.24, 2.45) is 23.2 Å². The van der Waals surface area contributed by atoms with Gasteiger partial charge in [-0.15, -0.1) is 0 Å². The minimum atomic E-state index is 0.207. The molecule has 0 N–H and O–H groups in total. The van der Waals surface area contributed by atoms with Crippen molar-refractivity contribution in [1.82, 2.24) is 0 Å². The van der Waals surface area contributed by atoms with Crippen LogP contribution in [-0.2, 0) is 9.32 Å². The molecular formula is C13H23O2P. The number of hydrogen-bond donors (Lipinski definition) is 0. The van der Waals surface area contributed by atoms with Crippen molar-refractivity contribution >= 4 is 15.8 Å². The third kappa shape index (κ3) is 1.84. The first-order valence-corrected chi connectivity index (χ1v) is 6.91. The van der Waals surface area contributed by atoms with Crippen molar-refractivity contribution in [3.05, 3.63) is 0 Å². The molecule has 2 aliphatic rings. The van der Waals surface area contributed by atoms with Crippen LogP contribution in [0, 0.1) is 23.2 Å². The maximum Gasteiger partial charge on any atom is 0.123 e. The van der Waals surface area contributed by atoms with Gasteiger partial charge in [-0.2, -0.15) is 0 Å². The van der Waals surface area contributed by atoms with Gasteiger partial charge in [0.25, 0.3) is 0 Å². The zero-order valence-electron chi connectivity index (χ0n) is 10.3. The molecule has 1 unspecified atom stereocenters. The SMILES string of the molecule is C[C@H](C=O)[C@H]1CC[C@H]2[C@@H](OP)CCC[C@]12C. The highest BCUT2D eigenvalue weighted by Gasteiger charge is 2.52. The summed E-state index contributed by atoms with van der Waals surface area (Å²) < 4.78 is 5.56. The Kier molecular flexibility index (Phi) is 3.71. The van der Waals surface area contributed by atoms with Crippen LogP contribution in [0.4, 0.5) is 0 Å². The number of carbonyl (C=O) groups excluding carboxylic acids is 1. The Bertz CT molecular complexity index is 269. The molecule has 0 amide bonds. The van der Waals surface area contributed by atoms with E-state index in [0.29, 0.717) is 23.4 Å². The molecule has 0 saturated heterocycles. The number of carbonyl (C=O) groups is 1. The molecule has 0 aliphatic heterocycles. The molecule has 0 aromatic carbocycles. The van der Waals surface area contributed by atoms with Gasteiger partial charge in [-0.1, -0.05) is 20.3 Å². The molecule has 2 rings (SSSR count). The quantitative estimate of drug-likeness (QED) is 0.561. The molecule has 2 fully saturated rings. The first-order valence-electron chi connectivity index (χ1n) is 6.44. The van der Waals surface area contributed by atoms with E-state index in [1.807, 2.05) is 0 Å². The lowest BCUT2D eigenvalue weighted by atomic mass is 9.62. The van der Waals surface area contributed by atoms with Crippen molar-refractivity contribution in [1.29, 1.82) is 0 Å². The summed E-state index contributed by atoms with van der Waals surface area (Å²) in [6.07, 6.45) is 7.67. The van der Waals surface area contributed by atoms with Crippen LogP contribution in [0.15, 0.2) is 0 Å². The van der Waals surface area contributed by atoms with Gasteiger partial charge in [-0.25, -0.2) is 0 Å². The fourth-order valence-corrected chi connectivity index (χ4v) is 4.61. The highest BCUT2D eigenvalue weighted by Crippen LogP contribution is 2.58. The average Bonchev–Trinajstić information content (AvgIpc) is 2.64. The van der Waals surface area contributed by atoms with Crippen LogP contribution in [0.2, 0.25) is 0 Å².